The molecule has 0 aliphatic carbocycles. The van der Waals surface area contributed by atoms with E-state index in [0.717, 1.165) is 18.4 Å². The highest BCUT2D eigenvalue weighted by Gasteiger charge is 2.07. The Morgan fingerprint density at radius 3 is 2.40 bits per heavy atom. The summed E-state index contributed by atoms with van der Waals surface area (Å²) in [6.45, 7) is 4.69. The molecule has 0 aliphatic heterocycles. The van der Waals surface area contributed by atoms with Crippen molar-refractivity contribution in [2.45, 2.75) is 39.4 Å². The van der Waals surface area contributed by atoms with Gasteiger partial charge < -0.3 is 4.74 Å². The van der Waals surface area contributed by atoms with Crippen LogP contribution in [-0.4, -0.2) is 6.10 Å². The van der Waals surface area contributed by atoms with E-state index in [1.165, 1.54) is 0 Å². The van der Waals surface area contributed by atoms with Gasteiger partial charge in [0.25, 0.3) is 0 Å². The monoisotopic (exact) mass is 246 g/mol. The molecule has 0 fully saturated rings. The summed E-state index contributed by atoms with van der Waals surface area (Å²) in [7, 11) is 0. The van der Waals surface area contributed by atoms with Gasteiger partial charge in [-0.25, -0.2) is 0 Å². The zero-order valence-corrected chi connectivity index (χ0v) is 10.6. The van der Waals surface area contributed by atoms with Gasteiger partial charge in [0.15, 0.2) is 0 Å². The van der Waals surface area contributed by atoms with Crippen molar-refractivity contribution in [3.05, 3.63) is 33.8 Å². The summed E-state index contributed by atoms with van der Waals surface area (Å²) in [6, 6.07) is 5.50. The molecule has 3 heteroatoms. The molecular formula is C12H16Cl2O. The molecular weight excluding hydrogens is 231 g/mol. The maximum absolute atomic E-state index is 6.03. The lowest BCUT2D eigenvalue weighted by Gasteiger charge is -2.13. The van der Waals surface area contributed by atoms with Crippen molar-refractivity contribution in [1.29, 1.82) is 0 Å². The minimum absolute atomic E-state index is 0.252. The molecule has 84 valence electrons. The fourth-order valence-corrected chi connectivity index (χ4v) is 1.89. The topological polar surface area (TPSA) is 9.23 Å². The van der Waals surface area contributed by atoms with Crippen molar-refractivity contribution < 1.29 is 4.74 Å². The van der Waals surface area contributed by atoms with Crippen LogP contribution >= 0.6 is 23.2 Å². The van der Waals surface area contributed by atoms with Gasteiger partial charge in [0, 0.05) is 15.6 Å². The summed E-state index contributed by atoms with van der Waals surface area (Å²) in [4.78, 5) is 0. The normalized spacial score (nSPS) is 12.8. The predicted molar refractivity (Wildman–Crippen MR) is 65.6 cm³/mol. The highest BCUT2D eigenvalue weighted by Crippen LogP contribution is 2.25. The minimum atomic E-state index is 0.252. The van der Waals surface area contributed by atoms with Crippen LogP contribution in [-0.2, 0) is 11.3 Å². The lowest BCUT2D eigenvalue weighted by molar-refractivity contribution is 0.0473. The van der Waals surface area contributed by atoms with Crippen LogP contribution in [0.1, 0.15) is 32.3 Å². The summed E-state index contributed by atoms with van der Waals surface area (Å²) in [6.07, 6.45) is 2.43. The Labute approximate surface area is 101 Å². The number of ether oxygens (including phenoxy) is 1. The smallest absolute Gasteiger partial charge is 0.0749 e. The molecule has 0 aliphatic rings. The summed E-state index contributed by atoms with van der Waals surface area (Å²) in [5.74, 6) is 0. The van der Waals surface area contributed by atoms with Crippen molar-refractivity contribution >= 4 is 23.2 Å². The van der Waals surface area contributed by atoms with Gasteiger partial charge in [0.2, 0.25) is 0 Å². The average molecular weight is 247 g/mol. The second-order valence-corrected chi connectivity index (χ2v) is 4.42. The summed E-state index contributed by atoms with van der Waals surface area (Å²) in [5, 5.41) is 1.34. The van der Waals surface area contributed by atoms with Gasteiger partial charge in [-0.15, -0.1) is 0 Å². The van der Waals surface area contributed by atoms with Crippen LogP contribution in [0.2, 0.25) is 10.0 Å². The molecule has 0 aromatic heterocycles. The van der Waals surface area contributed by atoms with Gasteiger partial charge in [0.05, 0.1) is 12.7 Å². The van der Waals surface area contributed by atoms with Crippen LogP contribution in [0.25, 0.3) is 0 Å². The molecule has 0 saturated carbocycles. The molecule has 1 atom stereocenters. The first-order chi connectivity index (χ1) is 7.15. The molecule has 15 heavy (non-hydrogen) atoms. The maximum Gasteiger partial charge on any atom is 0.0749 e. The Morgan fingerprint density at radius 2 is 1.87 bits per heavy atom. The molecule has 0 heterocycles. The molecule has 1 rings (SSSR count). The second-order valence-electron chi connectivity index (χ2n) is 3.61. The zero-order valence-electron chi connectivity index (χ0n) is 9.09. The second kappa shape index (κ2) is 6.37. The zero-order chi connectivity index (χ0) is 11.3. The number of halogens is 2. The Kier molecular flexibility index (Phi) is 5.44. The first-order valence-corrected chi connectivity index (χ1v) is 5.95. The Hall–Kier alpha value is -0.240. The molecule has 0 spiro atoms. The minimum Gasteiger partial charge on any atom is -0.374 e. The SMILES string of the molecule is CCCC(C)OCc1c(Cl)cccc1Cl. The van der Waals surface area contributed by atoms with Crippen LogP contribution in [0.3, 0.4) is 0 Å². The number of hydrogen-bond acceptors (Lipinski definition) is 1. The van der Waals surface area contributed by atoms with E-state index in [9.17, 15) is 0 Å². The molecule has 0 N–H and O–H groups in total. The third-order valence-electron chi connectivity index (χ3n) is 2.27. The van der Waals surface area contributed by atoms with Gasteiger partial charge in [-0.05, 0) is 25.5 Å². The maximum atomic E-state index is 6.03. The number of benzene rings is 1. The summed E-state index contributed by atoms with van der Waals surface area (Å²) in [5.41, 5.74) is 0.879. The van der Waals surface area contributed by atoms with Gasteiger partial charge in [-0.1, -0.05) is 42.6 Å². The third-order valence-corrected chi connectivity index (χ3v) is 2.98. The Balaban J connectivity index is 2.57. The molecule has 1 nitrogen and oxygen atoms in total. The summed E-state index contributed by atoms with van der Waals surface area (Å²) >= 11 is 12.1. The first kappa shape index (κ1) is 12.8. The molecule has 0 saturated heterocycles. The molecule has 1 aromatic rings. The van der Waals surface area contributed by atoms with Crippen molar-refractivity contribution in [2.24, 2.45) is 0 Å². The Morgan fingerprint density at radius 1 is 1.27 bits per heavy atom. The van der Waals surface area contributed by atoms with E-state index in [0.29, 0.717) is 16.7 Å². The van der Waals surface area contributed by atoms with Gasteiger partial charge in [-0.3, -0.25) is 0 Å². The van der Waals surface area contributed by atoms with E-state index in [1.54, 1.807) is 0 Å². The highest BCUT2D eigenvalue weighted by molar-refractivity contribution is 6.35. The number of hydrogen-bond donors (Lipinski definition) is 0. The van der Waals surface area contributed by atoms with E-state index in [2.05, 4.69) is 13.8 Å². The van der Waals surface area contributed by atoms with E-state index in [-0.39, 0.29) is 6.10 Å². The molecule has 1 unspecified atom stereocenters. The van der Waals surface area contributed by atoms with E-state index in [4.69, 9.17) is 27.9 Å². The van der Waals surface area contributed by atoms with Crippen LogP contribution in [0, 0.1) is 0 Å². The van der Waals surface area contributed by atoms with E-state index in [1.807, 2.05) is 18.2 Å². The van der Waals surface area contributed by atoms with E-state index >= 15 is 0 Å². The fourth-order valence-electron chi connectivity index (χ4n) is 1.39. The van der Waals surface area contributed by atoms with Crippen molar-refractivity contribution in [3.63, 3.8) is 0 Å². The van der Waals surface area contributed by atoms with Crippen molar-refractivity contribution in [3.8, 4) is 0 Å². The molecule has 0 bridgehead atoms. The standard InChI is InChI=1S/C12H16Cl2O/c1-3-5-9(2)15-8-10-11(13)6-4-7-12(10)14/h4,6-7,9H,3,5,8H2,1-2H3. The molecule has 1 aromatic carbocycles. The lowest BCUT2D eigenvalue weighted by atomic mass is 10.2. The molecule has 0 amide bonds. The van der Waals surface area contributed by atoms with Crippen LogP contribution in [0.5, 0.6) is 0 Å². The predicted octanol–water partition coefficient (Wildman–Crippen LogP) is 4.70. The number of rotatable bonds is 5. The average Bonchev–Trinajstić information content (AvgIpc) is 2.17. The lowest BCUT2D eigenvalue weighted by Crippen LogP contribution is -2.07. The van der Waals surface area contributed by atoms with Crippen LogP contribution < -0.4 is 0 Å². The third kappa shape index (κ3) is 4.02. The fraction of sp³-hybridized carbons (Fsp3) is 0.500. The highest BCUT2D eigenvalue weighted by atomic mass is 35.5. The van der Waals surface area contributed by atoms with Crippen molar-refractivity contribution in [1.82, 2.24) is 0 Å². The van der Waals surface area contributed by atoms with Crippen LogP contribution in [0.4, 0.5) is 0 Å². The van der Waals surface area contributed by atoms with Crippen LogP contribution in [0.15, 0.2) is 18.2 Å². The summed E-state index contributed by atoms with van der Waals surface area (Å²) < 4.78 is 5.66. The molecule has 0 radical (unpaired) electrons. The van der Waals surface area contributed by atoms with E-state index < -0.39 is 0 Å². The Bertz CT molecular complexity index is 292. The van der Waals surface area contributed by atoms with Gasteiger partial charge >= 0.3 is 0 Å². The first-order valence-electron chi connectivity index (χ1n) is 5.19. The van der Waals surface area contributed by atoms with Crippen molar-refractivity contribution in [2.75, 3.05) is 0 Å². The van der Waals surface area contributed by atoms with Gasteiger partial charge in [-0.2, -0.15) is 0 Å². The quantitative estimate of drug-likeness (QED) is 0.732. The van der Waals surface area contributed by atoms with Gasteiger partial charge in [0.1, 0.15) is 0 Å². The largest absolute Gasteiger partial charge is 0.374 e.